The molecular formula is C22H45N3O4. The summed E-state index contributed by atoms with van der Waals surface area (Å²) in [4.78, 5) is 28.4. The SMILES string of the molecule is CN(CCCN)CCCCN(CCCCC(=O)OC(C)(C)C)C(=O)OC(C)(C)C. The molecule has 0 aliphatic heterocycles. The molecule has 1 amide bonds. The highest BCUT2D eigenvalue weighted by Crippen LogP contribution is 2.13. The van der Waals surface area contributed by atoms with E-state index >= 15 is 0 Å². The van der Waals surface area contributed by atoms with Gasteiger partial charge in [-0.1, -0.05) is 0 Å². The molecule has 2 N–H and O–H groups in total. The number of hydrogen-bond acceptors (Lipinski definition) is 6. The third-order valence-corrected chi connectivity index (χ3v) is 4.09. The van der Waals surface area contributed by atoms with Crippen molar-refractivity contribution >= 4 is 12.1 Å². The molecule has 0 aromatic carbocycles. The molecule has 0 radical (unpaired) electrons. The summed E-state index contributed by atoms with van der Waals surface area (Å²) in [6.45, 7) is 15.1. The van der Waals surface area contributed by atoms with E-state index in [-0.39, 0.29) is 12.1 Å². The lowest BCUT2D eigenvalue weighted by Crippen LogP contribution is -2.38. The van der Waals surface area contributed by atoms with Gasteiger partial charge in [0.1, 0.15) is 11.2 Å². The average Bonchev–Trinajstić information content (AvgIpc) is 2.55. The largest absolute Gasteiger partial charge is 0.460 e. The molecule has 0 bridgehead atoms. The standard InChI is InChI=1S/C22H45N3O4/c1-21(2,3)28-19(26)13-8-9-17-25(20(27)29-22(4,5)6)18-11-10-15-24(7)16-12-14-23/h8-18,23H2,1-7H3. The van der Waals surface area contributed by atoms with Crippen LogP contribution in [0.15, 0.2) is 0 Å². The van der Waals surface area contributed by atoms with Gasteiger partial charge in [-0.2, -0.15) is 0 Å². The van der Waals surface area contributed by atoms with Crippen LogP contribution in [-0.4, -0.2) is 72.8 Å². The number of ether oxygens (including phenoxy) is 2. The van der Waals surface area contributed by atoms with Crippen molar-refractivity contribution in [3.63, 3.8) is 0 Å². The lowest BCUT2D eigenvalue weighted by molar-refractivity contribution is -0.154. The van der Waals surface area contributed by atoms with Gasteiger partial charge in [0.15, 0.2) is 0 Å². The maximum absolute atomic E-state index is 12.5. The lowest BCUT2D eigenvalue weighted by Gasteiger charge is -2.28. The van der Waals surface area contributed by atoms with Crippen LogP contribution in [0.3, 0.4) is 0 Å². The minimum absolute atomic E-state index is 0.193. The van der Waals surface area contributed by atoms with Gasteiger partial charge in [0.05, 0.1) is 0 Å². The van der Waals surface area contributed by atoms with Crippen LogP contribution >= 0.6 is 0 Å². The summed E-state index contributed by atoms with van der Waals surface area (Å²) in [6.07, 6.45) is 4.44. The lowest BCUT2D eigenvalue weighted by atomic mass is 10.2. The van der Waals surface area contributed by atoms with Gasteiger partial charge < -0.3 is 25.0 Å². The van der Waals surface area contributed by atoms with Gasteiger partial charge in [0.2, 0.25) is 0 Å². The number of unbranched alkanes of at least 4 members (excludes halogenated alkanes) is 2. The van der Waals surface area contributed by atoms with E-state index < -0.39 is 11.2 Å². The van der Waals surface area contributed by atoms with Crippen LogP contribution in [0.4, 0.5) is 4.79 Å². The smallest absolute Gasteiger partial charge is 0.410 e. The molecule has 7 nitrogen and oxygen atoms in total. The van der Waals surface area contributed by atoms with Crippen LogP contribution in [0.5, 0.6) is 0 Å². The Hall–Kier alpha value is -1.34. The molecule has 0 aliphatic rings. The van der Waals surface area contributed by atoms with Crippen molar-refractivity contribution in [3.05, 3.63) is 0 Å². The third kappa shape index (κ3) is 17.2. The van der Waals surface area contributed by atoms with Crippen LogP contribution in [0.2, 0.25) is 0 Å². The first-order chi connectivity index (χ1) is 13.3. The highest BCUT2D eigenvalue weighted by Gasteiger charge is 2.22. The molecular weight excluding hydrogens is 370 g/mol. The van der Waals surface area contributed by atoms with Crippen molar-refractivity contribution in [1.29, 1.82) is 0 Å². The maximum atomic E-state index is 12.5. The predicted molar refractivity (Wildman–Crippen MR) is 118 cm³/mol. The fourth-order valence-electron chi connectivity index (χ4n) is 2.74. The molecule has 0 aromatic heterocycles. The van der Waals surface area contributed by atoms with Crippen LogP contribution in [-0.2, 0) is 14.3 Å². The number of nitrogens with zero attached hydrogens (tertiary/aromatic N) is 2. The zero-order chi connectivity index (χ0) is 22.5. The van der Waals surface area contributed by atoms with Crippen LogP contribution in [0, 0.1) is 0 Å². The molecule has 0 aliphatic carbocycles. The second kappa shape index (κ2) is 13.8. The van der Waals surface area contributed by atoms with E-state index in [1.165, 1.54) is 0 Å². The van der Waals surface area contributed by atoms with Crippen molar-refractivity contribution in [3.8, 4) is 0 Å². The predicted octanol–water partition coefficient (Wildman–Crippen LogP) is 3.80. The first kappa shape index (κ1) is 27.7. The quantitative estimate of drug-likeness (QED) is 0.364. The van der Waals surface area contributed by atoms with E-state index in [2.05, 4.69) is 11.9 Å². The fraction of sp³-hybridized carbons (Fsp3) is 0.909. The zero-order valence-electron chi connectivity index (χ0n) is 19.9. The van der Waals surface area contributed by atoms with Gasteiger partial charge in [-0.05, 0) is 100 Å². The van der Waals surface area contributed by atoms with E-state index in [0.29, 0.717) is 32.5 Å². The summed E-state index contributed by atoms with van der Waals surface area (Å²) in [7, 11) is 2.10. The molecule has 172 valence electrons. The summed E-state index contributed by atoms with van der Waals surface area (Å²) in [5, 5.41) is 0. The van der Waals surface area contributed by atoms with Crippen LogP contribution in [0.25, 0.3) is 0 Å². The molecule has 0 saturated carbocycles. The number of amides is 1. The number of hydrogen-bond donors (Lipinski definition) is 1. The minimum atomic E-state index is -0.520. The van der Waals surface area contributed by atoms with Gasteiger partial charge in [0, 0.05) is 19.5 Å². The van der Waals surface area contributed by atoms with Crippen molar-refractivity contribution in [2.75, 3.05) is 39.8 Å². The summed E-state index contributed by atoms with van der Waals surface area (Å²) in [5.74, 6) is -0.193. The van der Waals surface area contributed by atoms with Crippen molar-refractivity contribution in [2.24, 2.45) is 5.73 Å². The fourth-order valence-corrected chi connectivity index (χ4v) is 2.74. The van der Waals surface area contributed by atoms with Crippen molar-refractivity contribution in [1.82, 2.24) is 9.80 Å². The monoisotopic (exact) mass is 415 g/mol. The first-order valence-electron chi connectivity index (χ1n) is 10.9. The Kier molecular flexibility index (Phi) is 13.2. The van der Waals surface area contributed by atoms with Crippen LogP contribution < -0.4 is 5.73 Å². The van der Waals surface area contributed by atoms with E-state index in [9.17, 15) is 9.59 Å². The Labute approximate surface area is 178 Å². The van der Waals surface area contributed by atoms with Crippen molar-refractivity contribution in [2.45, 2.75) is 91.3 Å². The molecule has 0 spiro atoms. The zero-order valence-corrected chi connectivity index (χ0v) is 19.9. The number of rotatable bonds is 13. The molecule has 0 heterocycles. The minimum Gasteiger partial charge on any atom is -0.460 e. The maximum Gasteiger partial charge on any atom is 0.410 e. The molecule has 29 heavy (non-hydrogen) atoms. The van der Waals surface area contributed by atoms with Gasteiger partial charge in [0.25, 0.3) is 0 Å². The Bertz CT molecular complexity index is 470. The topological polar surface area (TPSA) is 85.1 Å². The van der Waals surface area contributed by atoms with E-state index in [1.54, 1.807) is 4.90 Å². The first-order valence-corrected chi connectivity index (χ1v) is 10.9. The molecule has 0 saturated heterocycles. The third-order valence-electron chi connectivity index (χ3n) is 4.09. The van der Waals surface area contributed by atoms with Crippen molar-refractivity contribution < 1.29 is 19.1 Å². The van der Waals surface area contributed by atoms with Gasteiger partial charge >= 0.3 is 12.1 Å². The Morgan fingerprint density at radius 3 is 1.76 bits per heavy atom. The average molecular weight is 416 g/mol. The molecule has 0 rings (SSSR count). The summed E-state index contributed by atoms with van der Waals surface area (Å²) >= 11 is 0. The summed E-state index contributed by atoms with van der Waals surface area (Å²) in [6, 6.07) is 0. The Morgan fingerprint density at radius 2 is 1.24 bits per heavy atom. The molecule has 0 fully saturated rings. The van der Waals surface area contributed by atoms with Gasteiger partial charge in [-0.3, -0.25) is 4.79 Å². The number of carbonyl (C=O) groups excluding carboxylic acids is 2. The van der Waals surface area contributed by atoms with E-state index in [0.717, 1.165) is 38.8 Å². The van der Waals surface area contributed by atoms with Gasteiger partial charge in [-0.15, -0.1) is 0 Å². The number of esters is 1. The summed E-state index contributed by atoms with van der Waals surface area (Å²) < 4.78 is 10.9. The van der Waals surface area contributed by atoms with E-state index in [1.807, 2.05) is 41.5 Å². The van der Waals surface area contributed by atoms with Crippen LogP contribution in [0.1, 0.15) is 80.1 Å². The van der Waals surface area contributed by atoms with E-state index in [4.69, 9.17) is 15.2 Å². The summed E-state index contributed by atoms with van der Waals surface area (Å²) in [5.41, 5.74) is 4.57. The number of carbonyl (C=O) groups is 2. The second-order valence-corrected chi connectivity index (χ2v) is 9.66. The highest BCUT2D eigenvalue weighted by molar-refractivity contribution is 5.70. The second-order valence-electron chi connectivity index (χ2n) is 9.66. The Balaban J connectivity index is 4.40. The molecule has 0 atom stereocenters. The molecule has 0 aromatic rings. The van der Waals surface area contributed by atoms with Gasteiger partial charge in [-0.25, -0.2) is 4.79 Å². The highest BCUT2D eigenvalue weighted by atomic mass is 16.6. The Morgan fingerprint density at radius 1 is 0.759 bits per heavy atom. The molecule has 0 unspecified atom stereocenters. The number of nitrogens with two attached hydrogens (primary N) is 1. The normalized spacial score (nSPS) is 12.2. The molecule has 7 heteroatoms.